The van der Waals surface area contributed by atoms with Crippen molar-refractivity contribution < 1.29 is 0 Å². The Morgan fingerprint density at radius 2 is 1.96 bits per heavy atom. The van der Waals surface area contributed by atoms with Crippen LogP contribution in [0, 0.1) is 5.92 Å². The fraction of sp³-hybridized carbons (Fsp3) is 0.545. The first-order valence-electron chi connectivity index (χ1n) is 10.0. The molecular weight excluding hydrogens is 334 g/mol. The van der Waals surface area contributed by atoms with Crippen molar-refractivity contribution in [1.82, 2.24) is 14.7 Å². The first-order valence-corrected chi connectivity index (χ1v) is 10.0. The van der Waals surface area contributed by atoms with Crippen LogP contribution < -0.4 is 0 Å². The van der Waals surface area contributed by atoms with Crippen molar-refractivity contribution in [3.8, 4) is 0 Å². The summed E-state index contributed by atoms with van der Waals surface area (Å²) in [6, 6.07) is 11.0. The second kappa shape index (κ2) is 9.81. The second-order valence-electron chi connectivity index (χ2n) is 7.60. The van der Waals surface area contributed by atoms with Crippen LogP contribution in [0.25, 0.3) is 0 Å². The van der Waals surface area contributed by atoms with E-state index in [0.29, 0.717) is 12.0 Å². The predicted molar refractivity (Wildman–Crippen MR) is 115 cm³/mol. The van der Waals surface area contributed by atoms with Gasteiger partial charge in [-0.3, -0.25) is 14.9 Å². The first-order chi connectivity index (χ1) is 13.2. The van der Waals surface area contributed by atoms with Crippen LogP contribution in [0.4, 0.5) is 0 Å². The molecule has 2 atom stereocenters. The van der Waals surface area contributed by atoms with E-state index in [1.807, 2.05) is 19.5 Å². The fourth-order valence-electron chi connectivity index (χ4n) is 4.03. The zero-order chi connectivity index (χ0) is 19.1. The van der Waals surface area contributed by atoms with Crippen molar-refractivity contribution in [2.45, 2.75) is 18.9 Å². The molecule has 146 valence electrons. The van der Waals surface area contributed by atoms with Crippen molar-refractivity contribution in [1.29, 1.82) is 0 Å². The summed E-state index contributed by atoms with van der Waals surface area (Å²) in [5, 5.41) is 0. The second-order valence-corrected chi connectivity index (χ2v) is 7.60. The Bertz CT molecular complexity index is 659. The predicted octanol–water partition coefficient (Wildman–Crippen LogP) is 2.41. The molecule has 0 aliphatic carbocycles. The minimum absolute atomic E-state index is 0.312. The number of hydrogen-bond acceptors (Lipinski definition) is 4. The van der Waals surface area contributed by atoms with E-state index in [1.165, 1.54) is 11.4 Å². The third-order valence-electron chi connectivity index (χ3n) is 5.70. The number of nitrogens with zero attached hydrogens (tertiary/aromatic N) is 5. The number of rotatable bonds is 6. The molecular formula is C22H33N5. The van der Waals surface area contributed by atoms with Crippen molar-refractivity contribution >= 4 is 12.1 Å². The van der Waals surface area contributed by atoms with Crippen LogP contribution in [0.3, 0.4) is 0 Å². The van der Waals surface area contributed by atoms with Gasteiger partial charge in [0.15, 0.2) is 0 Å². The van der Waals surface area contributed by atoms with Gasteiger partial charge in [-0.05, 0) is 25.5 Å². The van der Waals surface area contributed by atoms with Crippen molar-refractivity contribution in [2.75, 3.05) is 53.9 Å². The van der Waals surface area contributed by atoms with Crippen LogP contribution >= 0.6 is 0 Å². The summed E-state index contributed by atoms with van der Waals surface area (Å²) in [6.07, 6.45) is 8.28. The molecule has 2 aliphatic heterocycles. The molecule has 2 unspecified atom stereocenters. The Kier molecular flexibility index (Phi) is 7.18. The lowest BCUT2D eigenvalue weighted by Gasteiger charge is -2.43. The van der Waals surface area contributed by atoms with E-state index in [1.54, 1.807) is 0 Å². The zero-order valence-electron chi connectivity index (χ0n) is 17.0. The quantitative estimate of drug-likeness (QED) is 0.572. The van der Waals surface area contributed by atoms with Gasteiger partial charge in [-0.1, -0.05) is 36.4 Å². The van der Waals surface area contributed by atoms with Gasteiger partial charge in [0.2, 0.25) is 0 Å². The maximum absolute atomic E-state index is 4.78. The van der Waals surface area contributed by atoms with E-state index in [4.69, 9.17) is 4.99 Å². The Hall–Kier alpha value is -1.98. The highest BCUT2D eigenvalue weighted by Crippen LogP contribution is 2.23. The normalized spacial score (nSPS) is 22.8. The van der Waals surface area contributed by atoms with Gasteiger partial charge in [-0.15, -0.1) is 0 Å². The third-order valence-corrected chi connectivity index (χ3v) is 5.70. The van der Waals surface area contributed by atoms with Gasteiger partial charge in [0.25, 0.3) is 0 Å². The molecule has 27 heavy (non-hydrogen) atoms. The van der Waals surface area contributed by atoms with Crippen LogP contribution in [-0.4, -0.2) is 86.7 Å². The van der Waals surface area contributed by atoms with Crippen LogP contribution in [-0.2, 0) is 6.42 Å². The average Bonchev–Trinajstić information content (AvgIpc) is 2.72. The number of hydrogen-bond donors (Lipinski definition) is 0. The average molecular weight is 368 g/mol. The van der Waals surface area contributed by atoms with E-state index in [9.17, 15) is 0 Å². The summed E-state index contributed by atoms with van der Waals surface area (Å²) >= 11 is 0. The minimum atomic E-state index is 0.312. The highest BCUT2D eigenvalue weighted by atomic mass is 15.3. The maximum atomic E-state index is 4.78. The van der Waals surface area contributed by atoms with Gasteiger partial charge in [0, 0.05) is 65.2 Å². The van der Waals surface area contributed by atoms with Crippen LogP contribution in [0.1, 0.15) is 12.0 Å². The first kappa shape index (κ1) is 19.8. The highest BCUT2D eigenvalue weighted by molar-refractivity contribution is 5.88. The lowest BCUT2D eigenvalue weighted by Crippen LogP contribution is -2.57. The summed E-state index contributed by atoms with van der Waals surface area (Å²) < 4.78 is 0. The molecule has 1 fully saturated rings. The van der Waals surface area contributed by atoms with Crippen molar-refractivity contribution in [3.05, 3.63) is 48.2 Å². The molecule has 2 aliphatic rings. The monoisotopic (exact) mass is 367 g/mol. The number of piperazine rings is 1. The van der Waals surface area contributed by atoms with E-state index in [-0.39, 0.29) is 0 Å². The fourth-order valence-corrected chi connectivity index (χ4v) is 4.03. The Morgan fingerprint density at radius 1 is 1.22 bits per heavy atom. The zero-order valence-corrected chi connectivity index (χ0v) is 17.0. The maximum Gasteiger partial charge on any atom is 0.116 e. The van der Waals surface area contributed by atoms with E-state index in [0.717, 1.165) is 45.6 Å². The molecule has 1 saturated heterocycles. The molecule has 3 rings (SSSR count). The Morgan fingerprint density at radius 3 is 2.59 bits per heavy atom. The van der Waals surface area contributed by atoms with Gasteiger partial charge in [-0.2, -0.15) is 0 Å². The topological polar surface area (TPSA) is 34.4 Å². The van der Waals surface area contributed by atoms with Crippen LogP contribution in [0.2, 0.25) is 0 Å². The SMILES string of the molecule is C/N=C(/C(C1C=CN=CC1)N1CCN(C)CC1)N(C)CCc1ccccc1. The van der Waals surface area contributed by atoms with Gasteiger partial charge in [-0.25, -0.2) is 0 Å². The molecule has 0 saturated carbocycles. The molecule has 5 nitrogen and oxygen atoms in total. The largest absolute Gasteiger partial charge is 0.362 e. The molecule has 0 spiro atoms. The molecule has 1 aromatic carbocycles. The number of benzene rings is 1. The molecule has 0 bridgehead atoms. The van der Waals surface area contributed by atoms with Crippen molar-refractivity contribution in [2.24, 2.45) is 15.9 Å². The Labute approximate surface area is 164 Å². The summed E-state index contributed by atoms with van der Waals surface area (Å²) in [7, 11) is 6.34. The third kappa shape index (κ3) is 5.27. The molecule has 2 heterocycles. The minimum Gasteiger partial charge on any atom is -0.362 e. The van der Waals surface area contributed by atoms with E-state index >= 15 is 0 Å². The number of aliphatic imine (C=N–C) groups is 2. The Balaban J connectivity index is 1.73. The molecule has 0 amide bonds. The molecule has 0 aromatic heterocycles. The number of likely N-dealkylation sites (N-methyl/N-ethyl adjacent to an activating group) is 2. The highest BCUT2D eigenvalue weighted by Gasteiger charge is 2.33. The van der Waals surface area contributed by atoms with Crippen LogP contribution in [0.5, 0.6) is 0 Å². The van der Waals surface area contributed by atoms with E-state index in [2.05, 4.69) is 70.2 Å². The van der Waals surface area contributed by atoms with Crippen LogP contribution in [0.15, 0.2) is 52.6 Å². The van der Waals surface area contributed by atoms with Crippen molar-refractivity contribution in [3.63, 3.8) is 0 Å². The van der Waals surface area contributed by atoms with Gasteiger partial charge >= 0.3 is 0 Å². The summed E-state index contributed by atoms with van der Waals surface area (Å²) in [5.74, 6) is 1.63. The van der Waals surface area contributed by atoms with Gasteiger partial charge in [0.05, 0.1) is 6.04 Å². The van der Waals surface area contributed by atoms with Gasteiger partial charge in [0.1, 0.15) is 5.84 Å². The smallest absolute Gasteiger partial charge is 0.116 e. The number of amidine groups is 1. The van der Waals surface area contributed by atoms with E-state index < -0.39 is 0 Å². The van der Waals surface area contributed by atoms with Gasteiger partial charge < -0.3 is 9.80 Å². The summed E-state index contributed by atoms with van der Waals surface area (Å²) in [6.45, 7) is 5.39. The molecule has 0 radical (unpaired) electrons. The molecule has 1 aromatic rings. The molecule has 0 N–H and O–H groups in total. The standard InChI is InChI=1S/C22H33N5/c1-23-22(26(3)14-11-19-7-5-4-6-8-19)21(20-9-12-24-13-10-20)27-17-15-25(2)16-18-27/h4-9,12-13,20-21H,10-11,14-18H2,1-3H3/b23-22-. The summed E-state index contributed by atoms with van der Waals surface area (Å²) in [4.78, 5) is 16.5. The molecule has 5 heteroatoms. The lowest BCUT2D eigenvalue weighted by atomic mass is 9.91. The summed E-state index contributed by atoms with van der Waals surface area (Å²) in [5.41, 5.74) is 1.38. The lowest BCUT2D eigenvalue weighted by molar-refractivity contribution is 0.116.